The van der Waals surface area contributed by atoms with Crippen LogP contribution < -0.4 is 5.73 Å². The number of hydrogen-bond donors (Lipinski definition) is 2. The predicted molar refractivity (Wildman–Crippen MR) is 33.0 cm³/mol. The van der Waals surface area contributed by atoms with E-state index in [1.54, 1.807) is 6.92 Å². The summed E-state index contributed by atoms with van der Waals surface area (Å²) >= 11 is 4.54. The Kier molecular flexibility index (Phi) is 2.87. The summed E-state index contributed by atoms with van der Waals surface area (Å²) in [6.45, 7) is 1.83. The lowest BCUT2D eigenvalue weighted by atomic mass is 10.2. The zero-order valence-electron chi connectivity index (χ0n) is 4.22. The van der Waals surface area contributed by atoms with Crippen LogP contribution in [0.15, 0.2) is 0 Å². The molecule has 1 atom stereocenters. The van der Waals surface area contributed by atoms with E-state index >= 15 is 0 Å². The lowest BCUT2D eigenvalue weighted by molar-refractivity contribution is 0.270. The fourth-order valence-corrected chi connectivity index (χ4v) is 0.165. The Balaban J connectivity index is 3.34. The van der Waals surface area contributed by atoms with Gasteiger partial charge in [-0.2, -0.15) is 0 Å². The van der Waals surface area contributed by atoms with Gasteiger partial charge in [0.25, 0.3) is 0 Å². The molecule has 0 radical (unpaired) electrons. The Morgan fingerprint density at radius 3 is 2.43 bits per heavy atom. The second-order valence-corrected chi connectivity index (χ2v) is 1.96. The Morgan fingerprint density at radius 1 is 2.00 bits per heavy atom. The van der Waals surface area contributed by atoms with E-state index < -0.39 is 0 Å². The lowest BCUT2D eigenvalue weighted by Gasteiger charge is -2.01. The van der Waals surface area contributed by atoms with Gasteiger partial charge in [0.15, 0.2) is 0 Å². The second-order valence-electron chi connectivity index (χ2n) is 1.49. The zero-order chi connectivity index (χ0) is 5.86. The first-order valence-electron chi connectivity index (χ1n) is 2.08. The molecule has 0 aliphatic carbocycles. The topological polar surface area (TPSA) is 46.2 Å². The van der Waals surface area contributed by atoms with Crippen LogP contribution in [0.1, 0.15) is 6.92 Å². The van der Waals surface area contributed by atoms with Gasteiger partial charge in [-0.25, -0.2) is 0 Å². The number of aliphatic hydroxyl groups is 1. The Bertz CT molecular complexity index is 74.1. The van der Waals surface area contributed by atoms with Crippen LogP contribution in [0, 0.1) is 5.92 Å². The highest BCUT2D eigenvalue weighted by Gasteiger charge is 1.99. The maximum atomic E-state index is 8.34. The van der Waals surface area contributed by atoms with Crippen molar-refractivity contribution < 1.29 is 5.11 Å². The molecule has 42 valence electrons. The molecule has 0 bridgehead atoms. The monoisotopic (exact) mass is 119 g/mol. The summed E-state index contributed by atoms with van der Waals surface area (Å²) in [5.41, 5.74) is 5.12. The van der Waals surface area contributed by atoms with Gasteiger partial charge in [0.05, 0.1) is 11.6 Å². The molecule has 0 aliphatic rings. The van der Waals surface area contributed by atoms with E-state index in [0.29, 0.717) is 4.99 Å². The summed E-state index contributed by atoms with van der Waals surface area (Å²) in [7, 11) is 0. The van der Waals surface area contributed by atoms with Crippen LogP contribution in [-0.2, 0) is 0 Å². The van der Waals surface area contributed by atoms with Crippen molar-refractivity contribution in [1.29, 1.82) is 0 Å². The molecule has 0 saturated heterocycles. The number of thiocarbonyl (C=S) groups is 1. The average molecular weight is 119 g/mol. The maximum absolute atomic E-state index is 8.34. The van der Waals surface area contributed by atoms with Gasteiger partial charge in [0, 0.05) is 5.92 Å². The minimum absolute atomic E-state index is 0.0324. The van der Waals surface area contributed by atoms with Crippen molar-refractivity contribution in [2.45, 2.75) is 6.92 Å². The van der Waals surface area contributed by atoms with E-state index in [-0.39, 0.29) is 12.5 Å². The van der Waals surface area contributed by atoms with Crippen LogP contribution in [0.4, 0.5) is 0 Å². The molecular weight excluding hydrogens is 110 g/mol. The van der Waals surface area contributed by atoms with Gasteiger partial charge in [-0.1, -0.05) is 19.1 Å². The van der Waals surface area contributed by atoms with Gasteiger partial charge in [-0.05, 0) is 0 Å². The Morgan fingerprint density at radius 2 is 2.43 bits per heavy atom. The third kappa shape index (κ3) is 2.53. The zero-order valence-corrected chi connectivity index (χ0v) is 5.03. The van der Waals surface area contributed by atoms with Crippen LogP contribution in [-0.4, -0.2) is 16.7 Å². The van der Waals surface area contributed by atoms with E-state index in [0.717, 1.165) is 0 Å². The van der Waals surface area contributed by atoms with Gasteiger partial charge in [0.1, 0.15) is 0 Å². The summed E-state index contributed by atoms with van der Waals surface area (Å²) in [4.78, 5) is 0.377. The fraction of sp³-hybridized carbons (Fsp3) is 0.750. The van der Waals surface area contributed by atoms with Crippen LogP contribution in [0.25, 0.3) is 0 Å². The Hall–Kier alpha value is -0.150. The minimum atomic E-state index is -0.0324. The largest absolute Gasteiger partial charge is 0.396 e. The molecule has 3 heteroatoms. The number of nitrogens with two attached hydrogens (primary N) is 1. The van der Waals surface area contributed by atoms with Crippen molar-refractivity contribution >= 4 is 17.2 Å². The third-order valence-electron chi connectivity index (χ3n) is 0.760. The molecule has 0 amide bonds. The van der Waals surface area contributed by atoms with Gasteiger partial charge in [-0.3, -0.25) is 0 Å². The molecule has 0 spiro atoms. The molecule has 3 N–H and O–H groups in total. The van der Waals surface area contributed by atoms with Crippen molar-refractivity contribution in [3.05, 3.63) is 0 Å². The number of rotatable bonds is 2. The molecule has 0 aromatic heterocycles. The lowest BCUT2D eigenvalue weighted by Crippen LogP contribution is -2.20. The molecule has 0 aromatic rings. The molecule has 0 rings (SSSR count). The molecule has 2 nitrogen and oxygen atoms in total. The van der Waals surface area contributed by atoms with Gasteiger partial charge in [-0.15, -0.1) is 0 Å². The first kappa shape index (κ1) is 6.85. The van der Waals surface area contributed by atoms with Crippen molar-refractivity contribution in [2.24, 2.45) is 11.7 Å². The van der Waals surface area contributed by atoms with E-state index in [9.17, 15) is 0 Å². The van der Waals surface area contributed by atoms with Crippen LogP contribution in [0.5, 0.6) is 0 Å². The first-order valence-corrected chi connectivity index (χ1v) is 2.49. The van der Waals surface area contributed by atoms with E-state index in [1.807, 2.05) is 0 Å². The molecule has 0 heterocycles. The summed E-state index contributed by atoms with van der Waals surface area (Å²) in [5.74, 6) is -0.0324. The summed E-state index contributed by atoms with van der Waals surface area (Å²) in [6, 6.07) is 0. The molecule has 1 unspecified atom stereocenters. The van der Waals surface area contributed by atoms with Crippen molar-refractivity contribution in [3.8, 4) is 0 Å². The highest BCUT2D eigenvalue weighted by atomic mass is 32.1. The molecule has 7 heavy (non-hydrogen) atoms. The van der Waals surface area contributed by atoms with E-state index in [2.05, 4.69) is 12.2 Å². The Labute approximate surface area is 48.3 Å². The highest BCUT2D eigenvalue weighted by molar-refractivity contribution is 7.80. The number of hydrogen-bond acceptors (Lipinski definition) is 2. The van der Waals surface area contributed by atoms with Crippen molar-refractivity contribution in [1.82, 2.24) is 0 Å². The summed E-state index contributed by atoms with van der Waals surface area (Å²) < 4.78 is 0. The normalized spacial score (nSPS) is 13.4. The minimum Gasteiger partial charge on any atom is -0.396 e. The molecule has 0 aliphatic heterocycles. The van der Waals surface area contributed by atoms with Crippen LogP contribution in [0.3, 0.4) is 0 Å². The second kappa shape index (κ2) is 2.93. The third-order valence-corrected chi connectivity index (χ3v) is 1.16. The highest BCUT2D eigenvalue weighted by Crippen LogP contribution is 1.89. The molecule has 0 aromatic carbocycles. The van der Waals surface area contributed by atoms with Crippen molar-refractivity contribution in [2.75, 3.05) is 6.61 Å². The van der Waals surface area contributed by atoms with Gasteiger partial charge in [0.2, 0.25) is 0 Å². The van der Waals surface area contributed by atoms with Crippen LogP contribution in [0.2, 0.25) is 0 Å². The maximum Gasteiger partial charge on any atom is 0.0779 e. The SMILES string of the molecule is CC(CO)C(N)=S. The number of aliphatic hydroxyl groups excluding tert-OH is 1. The first-order chi connectivity index (χ1) is 3.18. The quantitative estimate of drug-likeness (QED) is 0.499. The predicted octanol–water partition coefficient (Wildman–Crippen LogP) is -0.0991. The average Bonchev–Trinajstić information content (AvgIpc) is 1.65. The van der Waals surface area contributed by atoms with E-state index in [1.165, 1.54) is 0 Å². The summed E-state index contributed by atoms with van der Waals surface area (Å²) in [5, 5.41) is 8.34. The molecular formula is C4H9NOS. The van der Waals surface area contributed by atoms with Crippen molar-refractivity contribution in [3.63, 3.8) is 0 Å². The van der Waals surface area contributed by atoms with E-state index in [4.69, 9.17) is 10.8 Å². The fourth-order valence-electron chi connectivity index (χ4n) is 0.0900. The van der Waals surface area contributed by atoms with Crippen LogP contribution >= 0.6 is 12.2 Å². The van der Waals surface area contributed by atoms with Gasteiger partial charge < -0.3 is 10.8 Å². The molecule has 0 fully saturated rings. The van der Waals surface area contributed by atoms with Gasteiger partial charge >= 0.3 is 0 Å². The standard InChI is InChI=1S/C4H9NOS/c1-3(2-6)4(5)7/h3,6H,2H2,1H3,(H2,5,7). The molecule has 0 saturated carbocycles. The summed E-state index contributed by atoms with van der Waals surface area (Å²) in [6.07, 6.45) is 0. The smallest absolute Gasteiger partial charge is 0.0779 e.